The number of anilines is 3. The molecule has 166 valence electrons. The van der Waals surface area contributed by atoms with E-state index in [-0.39, 0.29) is 23.2 Å². The number of nitro benzene ring substituents is 1. The number of aliphatic hydroxyl groups is 1. The van der Waals surface area contributed by atoms with Crippen LogP contribution in [0.1, 0.15) is 61.3 Å². The molecule has 2 aromatic rings. The van der Waals surface area contributed by atoms with Crippen molar-refractivity contribution in [2.45, 2.75) is 64.5 Å². The van der Waals surface area contributed by atoms with Crippen LogP contribution < -0.4 is 16.4 Å². The van der Waals surface area contributed by atoms with Crippen molar-refractivity contribution in [2.75, 3.05) is 10.6 Å². The van der Waals surface area contributed by atoms with E-state index in [0.29, 0.717) is 42.0 Å². The highest BCUT2D eigenvalue weighted by atomic mass is 16.6. The van der Waals surface area contributed by atoms with Gasteiger partial charge in [0.2, 0.25) is 0 Å². The second-order valence-corrected chi connectivity index (χ2v) is 8.23. The molecule has 1 saturated carbocycles. The number of rotatable bonds is 7. The molecule has 1 heterocycles. The second-order valence-electron chi connectivity index (χ2n) is 8.23. The minimum absolute atomic E-state index is 0.0304. The quantitative estimate of drug-likeness (QED) is 0.387. The van der Waals surface area contributed by atoms with Crippen LogP contribution in [0.2, 0.25) is 0 Å². The van der Waals surface area contributed by atoms with Gasteiger partial charge in [-0.1, -0.05) is 13.0 Å². The molecule has 0 atom stereocenters. The topological polar surface area (TPSA) is 156 Å². The Morgan fingerprint density at radius 3 is 2.58 bits per heavy atom. The second kappa shape index (κ2) is 8.84. The number of nitrogens with two attached hydrogens (primary N) is 1. The molecule has 0 bridgehead atoms. The van der Waals surface area contributed by atoms with Crippen molar-refractivity contribution in [2.24, 2.45) is 5.73 Å². The highest BCUT2D eigenvalue weighted by molar-refractivity contribution is 5.96. The zero-order valence-electron chi connectivity index (χ0n) is 17.9. The lowest BCUT2D eigenvalue weighted by molar-refractivity contribution is -0.385. The first-order valence-corrected chi connectivity index (χ1v) is 10.3. The molecule has 0 radical (unpaired) electrons. The van der Waals surface area contributed by atoms with Crippen LogP contribution in [0.3, 0.4) is 0 Å². The van der Waals surface area contributed by atoms with Gasteiger partial charge in [-0.05, 0) is 52.0 Å². The fraction of sp³-hybridized carbons (Fsp3) is 0.476. The van der Waals surface area contributed by atoms with Gasteiger partial charge in [0.05, 0.1) is 16.2 Å². The van der Waals surface area contributed by atoms with E-state index in [1.807, 2.05) is 13.8 Å². The molecule has 1 aliphatic carbocycles. The molecule has 5 N–H and O–H groups in total. The Kier molecular flexibility index (Phi) is 6.40. The average molecular weight is 428 g/mol. The Morgan fingerprint density at radius 1 is 1.32 bits per heavy atom. The van der Waals surface area contributed by atoms with Gasteiger partial charge in [0.25, 0.3) is 11.6 Å². The molecule has 0 spiro atoms. The molecule has 0 aliphatic heterocycles. The van der Waals surface area contributed by atoms with Gasteiger partial charge in [0.1, 0.15) is 5.82 Å². The van der Waals surface area contributed by atoms with Crippen LogP contribution in [-0.2, 0) is 6.42 Å². The summed E-state index contributed by atoms with van der Waals surface area (Å²) >= 11 is 0. The largest absolute Gasteiger partial charge is 0.390 e. The first-order valence-electron chi connectivity index (χ1n) is 10.3. The van der Waals surface area contributed by atoms with Gasteiger partial charge in [-0.15, -0.1) is 0 Å². The number of aryl methyl sites for hydroxylation is 2. The molecule has 1 fully saturated rings. The Hall–Kier alpha value is -3.27. The smallest absolute Gasteiger partial charge is 0.274 e. The van der Waals surface area contributed by atoms with Gasteiger partial charge in [0.15, 0.2) is 11.5 Å². The van der Waals surface area contributed by atoms with E-state index >= 15 is 0 Å². The molecule has 10 nitrogen and oxygen atoms in total. The number of nitrogens with one attached hydrogen (secondary N) is 2. The summed E-state index contributed by atoms with van der Waals surface area (Å²) in [6.45, 7) is 5.39. The normalized spacial score (nSPS) is 20.8. The van der Waals surface area contributed by atoms with Crippen molar-refractivity contribution in [3.63, 3.8) is 0 Å². The summed E-state index contributed by atoms with van der Waals surface area (Å²) in [7, 11) is 0. The van der Waals surface area contributed by atoms with Crippen LogP contribution in [0, 0.1) is 17.0 Å². The van der Waals surface area contributed by atoms with Gasteiger partial charge in [-0.3, -0.25) is 14.9 Å². The minimum atomic E-state index is -0.744. The van der Waals surface area contributed by atoms with E-state index in [2.05, 4.69) is 20.6 Å². The third-order valence-electron chi connectivity index (χ3n) is 5.61. The number of amides is 1. The Labute approximate surface area is 180 Å². The standard InChI is InChI=1S/C21H28N6O4/c1-4-15-19(23-13-7-9-21(3,29)10-8-13)26-20(17(25-15)18(22)28)24-14-6-5-12(2)16(11-14)27(30)31/h5-6,11,13,29H,4,7-10H2,1-3H3,(H2,22,28)(H2,23,24,26)/t13-,21+. The van der Waals surface area contributed by atoms with Crippen LogP contribution in [0.15, 0.2) is 18.2 Å². The maximum atomic E-state index is 12.0. The van der Waals surface area contributed by atoms with Crippen LogP contribution in [0.25, 0.3) is 0 Å². The maximum Gasteiger partial charge on any atom is 0.274 e. The lowest BCUT2D eigenvalue weighted by Crippen LogP contribution is -2.36. The fourth-order valence-corrected chi connectivity index (χ4v) is 3.69. The van der Waals surface area contributed by atoms with Gasteiger partial charge in [-0.2, -0.15) is 0 Å². The molecule has 1 aromatic heterocycles. The zero-order chi connectivity index (χ0) is 22.8. The monoisotopic (exact) mass is 428 g/mol. The number of nitro groups is 1. The van der Waals surface area contributed by atoms with Crippen molar-refractivity contribution >= 4 is 28.9 Å². The minimum Gasteiger partial charge on any atom is -0.390 e. The van der Waals surface area contributed by atoms with Crippen molar-refractivity contribution in [3.8, 4) is 0 Å². The molecule has 31 heavy (non-hydrogen) atoms. The molecule has 10 heteroatoms. The summed E-state index contributed by atoms with van der Waals surface area (Å²) < 4.78 is 0. The lowest BCUT2D eigenvalue weighted by Gasteiger charge is -2.34. The number of hydrogen-bond acceptors (Lipinski definition) is 8. The molecule has 3 rings (SSSR count). The van der Waals surface area contributed by atoms with Crippen LogP contribution >= 0.6 is 0 Å². The number of hydrogen-bond donors (Lipinski definition) is 4. The van der Waals surface area contributed by atoms with E-state index in [1.165, 1.54) is 6.07 Å². The summed E-state index contributed by atoms with van der Waals surface area (Å²) in [5.74, 6) is -0.0807. The SMILES string of the molecule is CCc1nc(C(N)=O)c(Nc2ccc(C)c([N+](=O)[O-])c2)nc1N[C@H]1CC[C@@](C)(O)CC1. The van der Waals surface area contributed by atoms with E-state index < -0.39 is 16.4 Å². The zero-order valence-corrected chi connectivity index (χ0v) is 17.9. The molecular formula is C21H28N6O4. The van der Waals surface area contributed by atoms with Crippen molar-refractivity contribution in [3.05, 3.63) is 45.3 Å². The Balaban J connectivity index is 1.93. The Bertz CT molecular complexity index is 998. The van der Waals surface area contributed by atoms with E-state index in [1.54, 1.807) is 19.1 Å². The summed E-state index contributed by atoms with van der Waals surface area (Å²) in [6, 6.07) is 4.78. The van der Waals surface area contributed by atoms with Gasteiger partial charge in [-0.25, -0.2) is 9.97 Å². The van der Waals surface area contributed by atoms with E-state index in [4.69, 9.17) is 5.73 Å². The summed E-state index contributed by atoms with van der Waals surface area (Å²) in [6.07, 6.45) is 3.45. The Morgan fingerprint density at radius 2 is 2.00 bits per heavy atom. The maximum absolute atomic E-state index is 12.0. The number of nitrogens with zero attached hydrogens (tertiary/aromatic N) is 3. The molecule has 0 saturated heterocycles. The molecule has 1 aromatic carbocycles. The number of carbonyl (C=O) groups is 1. The van der Waals surface area contributed by atoms with E-state index in [0.717, 1.165) is 12.8 Å². The lowest BCUT2D eigenvalue weighted by atomic mass is 9.83. The first-order chi connectivity index (χ1) is 14.6. The van der Waals surface area contributed by atoms with Gasteiger partial charge in [0, 0.05) is 23.4 Å². The molecular weight excluding hydrogens is 400 g/mol. The third kappa shape index (κ3) is 5.26. The van der Waals surface area contributed by atoms with Crippen molar-refractivity contribution in [1.29, 1.82) is 0 Å². The molecule has 1 aliphatic rings. The van der Waals surface area contributed by atoms with Crippen LogP contribution in [0.5, 0.6) is 0 Å². The van der Waals surface area contributed by atoms with Crippen molar-refractivity contribution in [1.82, 2.24) is 9.97 Å². The van der Waals surface area contributed by atoms with Gasteiger partial charge >= 0.3 is 0 Å². The highest BCUT2D eigenvalue weighted by Gasteiger charge is 2.29. The summed E-state index contributed by atoms with van der Waals surface area (Å²) in [5, 5.41) is 27.8. The summed E-state index contributed by atoms with van der Waals surface area (Å²) in [5.41, 5.74) is 6.32. The highest BCUT2D eigenvalue weighted by Crippen LogP contribution is 2.31. The molecule has 1 amide bonds. The van der Waals surface area contributed by atoms with Gasteiger partial charge < -0.3 is 21.5 Å². The third-order valence-corrected chi connectivity index (χ3v) is 5.61. The number of carbonyl (C=O) groups excluding carboxylic acids is 1. The predicted octanol–water partition coefficient (Wildman–Crippen LogP) is 3.20. The van der Waals surface area contributed by atoms with Crippen LogP contribution in [-0.4, -0.2) is 37.5 Å². The number of aromatic nitrogens is 2. The summed E-state index contributed by atoms with van der Waals surface area (Å²) in [4.78, 5) is 31.8. The van der Waals surface area contributed by atoms with Crippen LogP contribution in [0.4, 0.5) is 23.0 Å². The fourth-order valence-electron chi connectivity index (χ4n) is 3.69. The van der Waals surface area contributed by atoms with E-state index in [9.17, 15) is 20.0 Å². The predicted molar refractivity (Wildman–Crippen MR) is 118 cm³/mol. The molecule has 0 unspecified atom stereocenters. The average Bonchev–Trinajstić information content (AvgIpc) is 2.70. The number of benzene rings is 1. The number of primary amides is 1. The van der Waals surface area contributed by atoms with Crippen molar-refractivity contribution < 1.29 is 14.8 Å². The first kappa shape index (κ1) is 22.4.